The highest BCUT2D eigenvalue weighted by Crippen LogP contribution is 2.23. The molecule has 0 aliphatic heterocycles. The van der Waals surface area contributed by atoms with E-state index in [4.69, 9.17) is 0 Å². The Morgan fingerprint density at radius 1 is 1.12 bits per heavy atom. The molecule has 0 radical (unpaired) electrons. The number of hydrogen-bond donors (Lipinski definition) is 2. The van der Waals surface area contributed by atoms with Crippen LogP contribution in [0.1, 0.15) is 41.7 Å². The summed E-state index contributed by atoms with van der Waals surface area (Å²) in [4.78, 5) is 12.4. The van der Waals surface area contributed by atoms with Crippen LogP contribution in [0.4, 0.5) is 8.78 Å². The highest BCUT2D eigenvalue weighted by molar-refractivity contribution is 7.89. The van der Waals surface area contributed by atoms with Gasteiger partial charge >= 0.3 is 0 Å². The Morgan fingerprint density at radius 3 is 2.50 bits per heavy atom. The predicted molar refractivity (Wildman–Crippen MR) is 92.0 cm³/mol. The van der Waals surface area contributed by atoms with E-state index in [1.54, 1.807) is 6.92 Å². The van der Waals surface area contributed by atoms with E-state index in [0.717, 1.165) is 25.0 Å². The van der Waals surface area contributed by atoms with E-state index in [1.807, 2.05) is 0 Å². The van der Waals surface area contributed by atoms with Gasteiger partial charge in [-0.25, -0.2) is 21.9 Å². The van der Waals surface area contributed by atoms with Crippen LogP contribution in [0.15, 0.2) is 47.4 Å². The number of halogens is 2. The van der Waals surface area contributed by atoms with Gasteiger partial charge in [0.2, 0.25) is 10.0 Å². The van der Waals surface area contributed by atoms with E-state index in [1.165, 1.54) is 30.3 Å². The second-order valence-corrected chi connectivity index (χ2v) is 8.01. The van der Waals surface area contributed by atoms with Crippen LogP contribution < -0.4 is 10.0 Å². The number of hydrogen-bond acceptors (Lipinski definition) is 3. The molecule has 2 aromatic carbocycles. The molecular formula is C18H18F2N2O3S. The lowest BCUT2D eigenvalue weighted by molar-refractivity contribution is 0.0939. The number of rotatable bonds is 6. The highest BCUT2D eigenvalue weighted by atomic mass is 32.2. The monoisotopic (exact) mass is 380 g/mol. The van der Waals surface area contributed by atoms with E-state index >= 15 is 0 Å². The third kappa shape index (κ3) is 4.25. The van der Waals surface area contributed by atoms with E-state index < -0.39 is 33.6 Å². The van der Waals surface area contributed by atoms with Gasteiger partial charge in [-0.2, -0.15) is 0 Å². The first kappa shape index (κ1) is 18.5. The van der Waals surface area contributed by atoms with Crippen LogP contribution in [-0.4, -0.2) is 20.4 Å². The molecular weight excluding hydrogens is 362 g/mol. The highest BCUT2D eigenvalue weighted by Gasteiger charge is 2.28. The second kappa shape index (κ2) is 7.13. The minimum atomic E-state index is -3.67. The van der Waals surface area contributed by atoms with Gasteiger partial charge in [-0.05, 0) is 55.7 Å². The second-order valence-electron chi connectivity index (χ2n) is 6.29. The molecule has 0 saturated heterocycles. The molecule has 138 valence electrons. The summed E-state index contributed by atoms with van der Waals surface area (Å²) in [5.41, 5.74) is 0.564. The lowest BCUT2D eigenvalue weighted by Gasteiger charge is -2.15. The summed E-state index contributed by atoms with van der Waals surface area (Å²) in [5.74, 6) is -2.47. The van der Waals surface area contributed by atoms with Gasteiger partial charge in [0.25, 0.3) is 5.91 Å². The summed E-state index contributed by atoms with van der Waals surface area (Å²) in [6, 6.07) is 8.45. The number of nitrogens with one attached hydrogen (secondary N) is 2. The summed E-state index contributed by atoms with van der Waals surface area (Å²) in [6.45, 7) is 1.62. The fourth-order valence-electron chi connectivity index (χ4n) is 2.44. The largest absolute Gasteiger partial charge is 0.346 e. The molecule has 1 saturated carbocycles. The van der Waals surface area contributed by atoms with Crippen LogP contribution in [0, 0.1) is 11.6 Å². The Balaban J connectivity index is 1.75. The van der Waals surface area contributed by atoms with Gasteiger partial charge in [-0.1, -0.05) is 12.1 Å². The summed E-state index contributed by atoms with van der Waals surface area (Å²) in [5, 5.41) is 2.65. The molecule has 1 atom stereocenters. The Labute approximate surface area is 150 Å². The minimum Gasteiger partial charge on any atom is -0.346 e. The van der Waals surface area contributed by atoms with Gasteiger partial charge in [0.05, 0.1) is 10.9 Å². The molecule has 8 heteroatoms. The SMILES string of the molecule is C[C@H](NC(=O)c1cccc(S(=O)(=O)NC2CC2)c1)c1ccc(F)c(F)c1. The number of amides is 1. The van der Waals surface area contributed by atoms with Crippen molar-refractivity contribution < 1.29 is 22.0 Å². The Morgan fingerprint density at radius 2 is 1.85 bits per heavy atom. The van der Waals surface area contributed by atoms with Crippen molar-refractivity contribution in [1.82, 2.24) is 10.0 Å². The average molecular weight is 380 g/mol. The quantitative estimate of drug-likeness (QED) is 0.809. The van der Waals surface area contributed by atoms with Crippen molar-refractivity contribution >= 4 is 15.9 Å². The van der Waals surface area contributed by atoms with Crippen molar-refractivity contribution in [3.05, 3.63) is 65.2 Å². The molecule has 0 unspecified atom stereocenters. The number of sulfonamides is 1. The smallest absolute Gasteiger partial charge is 0.251 e. The molecule has 0 bridgehead atoms. The third-order valence-corrected chi connectivity index (χ3v) is 5.62. The van der Waals surface area contributed by atoms with Crippen molar-refractivity contribution in [3.8, 4) is 0 Å². The molecule has 26 heavy (non-hydrogen) atoms. The van der Waals surface area contributed by atoms with E-state index in [0.29, 0.717) is 5.56 Å². The number of carbonyl (C=O) groups is 1. The first-order valence-corrected chi connectivity index (χ1v) is 9.63. The fraction of sp³-hybridized carbons (Fsp3) is 0.278. The maximum Gasteiger partial charge on any atom is 0.251 e. The predicted octanol–water partition coefficient (Wildman–Crippen LogP) is 2.90. The van der Waals surface area contributed by atoms with Gasteiger partial charge in [0.15, 0.2) is 11.6 Å². The summed E-state index contributed by atoms with van der Waals surface area (Å²) in [7, 11) is -3.67. The minimum absolute atomic E-state index is 0.0116. The average Bonchev–Trinajstić information content (AvgIpc) is 3.40. The summed E-state index contributed by atoms with van der Waals surface area (Å²) >= 11 is 0. The summed E-state index contributed by atoms with van der Waals surface area (Å²) < 4.78 is 53.4. The fourth-order valence-corrected chi connectivity index (χ4v) is 3.79. The zero-order valence-electron chi connectivity index (χ0n) is 14.0. The van der Waals surface area contributed by atoms with Crippen LogP contribution in [0.3, 0.4) is 0 Å². The maximum absolute atomic E-state index is 13.3. The molecule has 2 N–H and O–H groups in total. The van der Waals surface area contributed by atoms with Crippen molar-refractivity contribution in [2.75, 3.05) is 0 Å². The lowest BCUT2D eigenvalue weighted by Crippen LogP contribution is -2.28. The molecule has 3 rings (SSSR count). The van der Waals surface area contributed by atoms with Crippen LogP contribution in [0.2, 0.25) is 0 Å². The Hall–Kier alpha value is -2.32. The normalized spacial score (nSPS) is 15.5. The van der Waals surface area contributed by atoms with Crippen molar-refractivity contribution in [3.63, 3.8) is 0 Å². The Kier molecular flexibility index (Phi) is 5.06. The van der Waals surface area contributed by atoms with Crippen LogP contribution >= 0.6 is 0 Å². The first-order valence-electron chi connectivity index (χ1n) is 8.14. The topological polar surface area (TPSA) is 75.3 Å². The van der Waals surface area contributed by atoms with Gasteiger partial charge in [-0.3, -0.25) is 4.79 Å². The standard InChI is InChI=1S/C18H18F2N2O3S/c1-11(12-5-8-16(19)17(20)10-12)21-18(23)13-3-2-4-15(9-13)26(24,25)22-14-6-7-14/h2-5,8-11,14,22H,6-7H2,1H3,(H,21,23)/t11-/m0/s1. The molecule has 5 nitrogen and oxygen atoms in total. The van der Waals surface area contributed by atoms with Crippen molar-refractivity contribution in [2.45, 2.75) is 36.7 Å². The molecule has 1 aliphatic carbocycles. The molecule has 1 amide bonds. The lowest BCUT2D eigenvalue weighted by atomic mass is 10.1. The molecule has 0 heterocycles. The van der Waals surface area contributed by atoms with Gasteiger partial charge < -0.3 is 5.32 Å². The van der Waals surface area contributed by atoms with Gasteiger partial charge in [0, 0.05) is 11.6 Å². The summed E-state index contributed by atoms with van der Waals surface area (Å²) in [6.07, 6.45) is 1.62. The maximum atomic E-state index is 13.3. The van der Waals surface area contributed by atoms with Crippen molar-refractivity contribution in [1.29, 1.82) is 0 Å². The van der Waals surface area contributed by atoms with Gasteiger partial charge in [0.1, 0.15) is 0 Å². The van der Waals surface area contributed by atoms with Crippen molar-refractivity contribution in [2.24, 2.45) is 0 Å². The number of benzene rings is 2. The van der Waals surface area contributed by atoms with Crippen LogP contribution in [-0.2, 0) is 10.0 Å². The van der Waals surface area contributed by atoms with Crippen LogP contribution in [0.25, 0.3) is 0 Å². The Bertz CT molecular complexity index is 943. The zero-order valence-corrected chi connectivity index (χ0v) is 14.8. The third-order valence-electron chi connectivity index (χ3n) is 4.10. The van der Waals surface area contributed by atoms with E-state index in [-0.39, 0.29) is 16.5 Å². The van der Waals surface area contributed by atoms with E-state index in [2.05, 4.69) is 10.0 Å². The van der Waals surface area contributed by atoms with E-state index in [9.17, 15) is 22.0 Å². The molecule has 2 aromatic rings. The first-order chi connectivity index (χ1) is 12.3. The molecule has 1 aliphatic rings. The zero-order chi connectivity index (χ0) is 18.9. The van der Waals surface area contributed by atoms with Crippen LogP contribution in [0.5, 0.6) is 0 Å². The van der Waals surface area contributed by atoms with Gasteiger partial charge in [-0.15, -0.1) is 0 Å². The molecule has 0 aromatic heterocycles. The number of carbonyl (C=O) groups excluding carboxylic acids is 1. The molecule has 0 spiro atoms. The molecule has 1 fully saturated rings.